The van der Waals surface area contributed by atoms with Gasteiger partial charge < -0.3 is 18.3 Å². The molecule has 0 saturated heterocycles. The highest BCUT2D eigenvalue weighted by atomic mass is 28.3. The van der Waals surface area contributed by atoms with E-state index in [1.54, 1.807) is 0 Å². The average molecular weight is 465 g/mol. The van der Waals surface area contributed by atoms with Crippen molar-refractivity contribution in [2.24, 2.45) is 0 Å². The summed E-state index contributed by atoms with van der Waals surface area (Å²) in [5.74, 6) is 0. The molecule has 0 radical (unpaired) electrons. The normalized spacial score (nSPS) is 12.1. The third-order valence-corrected chi connectivity index (χ3v) is 14.5. The predicted octanol–water partition coefficient (Wildman–Crippen LogP) is 3.15. The van der Waals surface area contributed by atoms with Gasteiger partial charge in [-0.3, -0.25) is 0 Å². The lowest BCUT2D eigenvalue weighted by Gasteiger charge is -2.33. The second kappa shape index (κ2) is 20.4. The second-order valence-corrected chi connectivity index (χ2v) is 17.3. The van der Waals surface area contributed by atoms with Gasteiger partial charge >= 0.3 is 0 Å². The summed E-state index contributed by atoms with van der Waals surface area (Å²) in [6.45, 7) is 18.4. The fraction of sp³-hybridized carbons (Fsp3) is 1.00. The Morgan fingerprint density at radius 1 is 0.621 bits per heavy atom. The van der Waals surface area contributed by atoms with Gasteiger partial charge in [0.2, 0.25) is 0 Å². The Bertz CT molecular complexity index is 295. The molecule has 0 fully saturated rings. The largest absolute Gasteiger partial charge is 0.328 e. The fourth-order valence-electron chi connectivity index (χ4n) is 3.70. The van der Waals surface area contributed by atoms with Crippen molar-refractivity contribution in [3.8, 4) is 0 Å². The molecule has 4 nitrogen and oxygen atoms in total. The molecule has 0 aliphatic carbocycles. The summed E-state index contributed by atoms with van der Waals surface area (Å²) in [5.41, 5.74) is 2.25. The first kappa shape index (κ1) is 34.1. The third-order valence-electron chi connectivity index (χ3n) is 5.99. The maximum atomic E-state index is 2.47. The van der Waals surface area contributed by atoms with E-state index in [4.69, 9.17) is 0 Å². The van der Waals surface area contributed by atoms with Crippen molar-refractivity contribution in [2.45, 2.75) is 104 Å². The lowest BCUT2D eigenvalue weighted by atomic mass is 10.2. The topological polar surface area (TPSA) is 13.0 Å². The van der Waals surface area contributed by atoms with Crippen LogP contribution in [0.25, 0.3) is 0 Å². The van der Waals surface area contributed by atoms with E-state index in [1.165, 1.54) is 36.1 Å². The molecular weight excluding hydrogens is 405 g/mol. The van der Waals surface area contributed by atoms with Crippen LogP contribution in [-0.4, -0.2) is 102 Å². The standard InChI is InChI=1S/C10H24Si.C6H19N3Si.C6H17NSi/c1-5-9(6-2)11-10(7-3)8-4;1-7(2)10(8(3)4)9(5)6;1-5(2)7(8)6(3)4/h9-10H,5-8,11H2,1-4H3;10H,1-6H3;5-6H,1-4,8H3. The number of hydrogen-bond donors (Lipinski definition) is 0. The van der Waals surface area contributed by atoms with E-state index < -0.39 is 9.28 Å². The molecular formula is C22H60N4Si3. The van der Waals surface area contributed by atoms with Crippen LogP contribution in [-0.2, 0) is 0 Å². The molecule has 0 heterocycles. The number of hydrogen-bond acceptors (Lipinski definition) is 4. The van der Waals surface area contributed by atoms with Crippen molar-refractivity contribution in [3.63, 3.8) is 0 Å². The summed E-state index contributed by atoms with van der Waals surface area (Å²) in [4.78, 5) is 0. The molecule has 0 aliphatic rings. The van der Waals surface area contributed by atoms with Gasteiger partial charge in [0.25, 0.3) is 9.28 Å². The molecule has 0 unspecified atom stereocenters. The zero-order chi connectivity index (χ0) is 23.7. The Balaban J connectivity index is -0.000000354. The van der Waals surface area contributed by atoms with Gasteiger partial charge in [0.05, 0.1) is 10.4 Å². The summed E-state index contributed by atoms with van der Waals surface area (Å²) in [6.07, 6.45) is 5.72. The smallest absolute Gasteiger partial charge is 0.271 e. The first-order chi connectivity index (χ1) is 13.3. The van der Waals surface area contributed by atoms with Crippen LogP contribution in [0, 0.1) is 0 Å². The van der Waals surface area contributed by atoms with Gasteiger partial charge in [-0.05, 0) is 54.4 Å². The molecule has 0 aliphatic heterocycles. The maximum Gasteiger partial charge on any atom is 0.271 e. The van der Waals surface area contributed by atoms with Gasteiger partial charge in [-0.2, -0.15) is 0 Å². The van der Waals surface area contributed by atoms with E-state index in [2.05, 4.69) is 116 Å². The van der Waals surface area contributed by atoms with Crippen LogP contribution >= 0.6 is 0 Å². The second-order valence-electron chi connectivity index (χ2n) is 9.69. The quantitative estimate of drug-likeness (QED) is 0.435. The summed E-state index contributed by atoms with van der Waals surface area (Å²) in [6, 6.07) is 1.48. The molecule has 0 saturated carbocycles. The molecule has 0 N–H and O–H groups in total. The van der Waals surface area contributed by atoms with Crippen molar-refractivity contribution < 1.29 is 0 Å². The molecule has 0 aromatic heterocycles. The Hall–Kier alpha value is 0.491. The highest BCUT2D eigenvalue weighted by Crippen LogP contribution is 2.23. The van der Waals surface area contributed by atoms with Gasteiger partial charge in [0.1, 0.15) is 0 Å². The molecule has 0 amide bonds. The fourth-order valence-corrected chi connectivity index (χ4v) is 8.74. The zero-order valence-corrected chi connectivity index (χ0v) is 27.8. The Morgan fingerprint density at radius 2 is 0.862 bits per heavy atom. The predicted molar refractivity (Wildman–Crippen MR) is 147 cm³/mol. The summed E-state index contributed by atoms with van der Waals surface area (Å²) >= 11 is 0. The SMILES string of the molecule is CC(C)N([SiH3])C(C)C.CCC(CC)[SiH2]C(CC)CC.CN(C)[SiH](N(C)C)N(C)C. The monoisotopic (exact) mass is 464 g/mol. The minimum Gasteiger partial charge on any atom is -0.328 e. The highest BCUT2D eigenvalue weighted by Gasteiger charge is 2.18. The van der Waals surface area contributed by atoms with Crippen molar-refractivity contribution in [1.29, 1.82) is 0 Å². The molecule has 7 heteroatoms. The van der Waals surface area contributed by atoms with E-state index in [0.29, 0.717) is 0 Å². The van der Waals surface area contributed by atoms with Crippen LogP contribution < -0.4 is 0 Å². The Labute approximate surface area is 193 Å². The third kappa shape index (κ3) is 18.9. The first-order valence-electron chi connectivity index (χ1n) is 12.0. The molecule has 0 spiro atoms. The minimum atomic E-state index is -0.954. The molecule has 0 rings (SSSR count). The lowest BCUT2D eigenvalue weighted by molar-refractivity contribution is 0.320. The van der Waals surface area contributed by atoms with Crippen LogP contribution in [0.2, 0.25) is 11.1 Å². The van der Waals surface area contributed by atoms with Crippen LogP contribution in [0.3, 0.4) is 0 Å². The number of nitrogens with zero attached hydrogens (tertiary/aromatic N) is 4. The van der Waals surface area contributed by atoms with Gasteiger partial charge in [-0.25, -0.2) is 0 Å². The van der Waals surface area contributed by atoms with Gasteiger partial charge in [-0.1, -0.05) is 92.2 Å². The molecule has 0 atom stereocenters. The molecule has 0 aromatic rings. The zero-order valence-electron chi connectivity index (χ0n) is 23.2. The Kier molecular flexibility index (Phi) is 24.0. The van der Waals surface area contributed by atoms with Crippen molar-refractivity contribution in [1.82, 2.24) is 18.3 Å². The summed E-state index contributed by atoms with van der Waals surface area (Å²) in [5, 5.41) is 0. The van der Waals surface area contributed by atoms with Crippen LogP contribution in [0.5, 0.6) is 0 Å². The highest BCUT2D eigenvalue weighted by molar-refractivity contribution is 6.49. The molecule has 0 aromatic carbocycles. The van der Waals surface area contributed by atoms with E-state index in [1.807, 2.05) is 0 Å². The lowest BCUT2D eigenvalue weighted by Crippen LogP contribution is -2.55. The minimum absolute atomic E-state index is 0.239. The van der Waals surface area contributed by atoms with E-state index in [-0.39, 0.29) is 9.52 Å². The van der Waals surface area contributed by atoms with Crippen LogP contribution in [0.1, 0.15) is 81.1 Å². The number of rotatable bonds is 11. The molecule has 180 valence electrons. The van der Waals surface area contributed by atoms with E-state index in [9.17, 15) is 0 Å². The van der Waals surface area contributed by atoms with E-state index >= 15 is 0 Å². The molecule has 0 bridgehead atoms. The van der Waals surface area contributed by atoms with E-state index in [0.717, 1.165) is 23.2 Å². The van der Waals surface area contributed by atoms with Crippen molar-refractivity contribution in [2.75, 3.05) is 42.3 Å². The summed E-state index contributed by atoms with van der Waals surface area (Å²) in [7, 11) is 13.3. The maximum absolute atomic E-state index is 2.47. The average Bonchev–Trinajstić information content (AvgIpc) is 2.62. The van der Waals surface area contributed by atoms with Gasteiger partial charge in [0.15, 0.2) is 0 Å². The van der Waals surface area contributed by atoms with Gasteiger partial charge in [-0.15, -0.1) is 0 Å². The van der Waals surface area contributed by atoms with Crippen LogP contribution in [0.4, 0.5) is 0 Å². The Morgan fingerprint density at radius 3 is 0.931 bits per heavy atom. The van der Waals surface area contributed by atoms with Gasteiger partial charge in [0, 0.05) is 9.52 Å². The first-order valence-corrected chi connectivity index (χ1v) is 16.1. The van der Waals surface area contributed by atoms with Crippen LogP contribution in [0.15, 0.2) is 0 Å². The molecule has 29 heavy (non-hydrogen) atoms. The van der Waals surface area contributed by atoms with Crippen molar-refractivity contribution >= 4 is 29.2 Å². The summed E-state index contributed by atoms with van der Waals surface area (Å²) < 4.78 is 9.39. The van der Waals surface area contributed by atoms with Crippen molar-refractivity contribution in [3.05, 3.63) is 0 Å².